The number of nitrogens with one attached hydrogen (secondary N) is 2. The number of rotatable bonds is 5. The predicted molar refractivity (Wildman–Crippen MR) is 163 cm³/mol. The first-order valence-electron chi connectivity index (χ1n) is 13.8. The van der Waals surface area contributed by atoms with Crippen LogP contribution in [0.2, 0.25) is 0 Å². The Morgan fingerprint density at radius 2 is 1.81 bits per heavy atom. The van der Waals surface area contributed by atoms with Crippen LogP contribution in [0.1, 0.15) is 16.1 Å². The van der Waals surface area contributed by atoms with Gasteiger partial charge in [-0.3, -0.25) is 4.79 Å². The summed E-state index contributed by atoms with van der Waals surface area (Å²) in [5.74, 6) is 0.0221. The second-order valence-corrected chi connectivity index (χ2v) is 11.3. The molecule has 3 aromatic rings. The number of likely N-dealkylation sites (N-methyl/N-ethyl adjacent to an activating group) is 1. The monoisotopic (exact) mass is 597 g/mol. The van der Waals surface area contributed by atoms with Crippen molar-refractivity contribution < 1.29 is 23.2 Å². The molecule has 226 valence electrons. The Morgan fingerprint density at radius 3 is 2.55 bits per heavy atom. The van der Waals surface area contributed by atoms with E-state index in [0.717, 1.165) is 12.1 Å². The molecule has 2 aliphatic heterocycles. The minimum absolute atomic E-state index is 0.00410. The van der Waals surface area contributed by atoms with Gasteiger partial charge >= 0.3 is 0 Å². The number of nitrogens with two attached hydrogens (primary N) is 1. The van der Waals surface area contributed by atoms with Gasteiger partial charge in [-0.1, -0.05) is 24.3 Å². The lowest BCUT2D eigenvalue weighted by molar-refractivity contribution is 0.0339. The van der Waals surface area contributed by atoms with E-state index in [4.69, 9.17) is 19.9 Å². The number of amides is 1. The van der Waals surface area contributed by atoms with Crippen LogP contribution < -0.4 is 21.1 Å². The number of carbonyl (C=O) groups is 1. The second-order valence-electron chi connectivity index (χ2n) is 9.85. The van der Waals surface area contributed by atoms with E-state index >= 15 is 0 Å². The summed E-state index contributed by atoms with van der Waals surface area (Å²) in [6, 6.07) is 12.7. The van der Waals surface area contributed by atoms with E-state index in [9.17, 15) is 9.00 Å². The van der Waals surface area contributed by atoms with Crippen LogP contribution in [-0.4, -0.2) is 103 Å². The van der Waals surface area contributed by atoms with E-state index in [0.29, 0.717) is 73.7 Å². The number of anilines is 2. The van der Waals surface area contributed by atoms with E-state index in [1.165, 1.54) is 6.20 Å². The standard InChI is InChI=1S/C29H39N7O5S/c1-31-19-22-5-4-6-24-27(22)41-18-17-40-16-15-39-14-13-36(12-11-35(2)3)42(38)23-9-7-21(8-10-23)25-20-32-28(30)26(33-25)29(37)34-24/h4-10,20,31H,11-19H2,1-3H3,(H2,30,32)(H,34,37). The van der Waals surface area contributed by atoms with Crippen LogP contribution in [0, 0.1) is 0 Å². The quantitative estimate of drug-likeness (QED) is 0.374. The average Bonchev–Trinajstić information content (AvgIpc) is 2.98. The van der Waals surface area contributed by atoms with E-state index in [1.54, 1.807) is 18.2 Å². The maximum absolute atomic E-state index is 13.5. The van der Waals surface area contributed by atoms with Gasteiger partial charge in [0.2, 0.25) is 0 Å². The van der Waals surface area contributed by atoms with Gasteiger partial charge in [-0.2, -0.15) is 0 Å². The van der Waals surface area contributed by atoms with Gasteiger partial charge < -0.3 is 35.5 Å². The fourth-order valence-electron chi connectivity index (χ4n) is 4.24. The molecule has 0 spiro atoms. The molecule has 1 atom stereocenters. The Bertz CT molecular complexity index is 1360. The number of nitrogens with zero attached hydrogens (tertiary/aromatic N) is 4. The molecular formula is C29H39N7O5S. The van der Waals surface area contributed by atoms with Crippen molar-refractivity contribution in [1.82, 2.24) is 24.5 Å². The van der Waals surface area contributed by atoms with Crippen LogP contribution in [0.15, 0.2) is 53.6 Å². The van der Waals surface area contributed by atoms with Gasteiger partial charge in [0, 0.05) is 37.3 Å². The first kappa shape index (κ1) is 31.5. The Balaban J connectivity index is 1.64. The summed E-state index contributed by atoms with van der Waals surface area (Å²) in [4.78, 5) is 24.8. The molecule has 1 amide bonds. The molecule has 4 bridgehead atoms. The predicted octanol–water partition coefficient (Wildman–Crippen LogP) is 2.01. The van der Waals surface area contributed by atoms with Crippen LogP contribution in [0.5, 0.6) is 5.75 Å². The van der Waals surface area contributed by atoms with Gasteiger partial charge in [0.15, 0.2) is 11.5 Å². The van der Waals surface area contributed by atoms with E-state index < -0.39 is 16.9 Å². The minimum Gasteiger partial charge on any atom is -0.489 e. The molecule has 5 rings (SSSR count). The molecule has 13 heteroatoms. The van der Waals surface area contributed by atoms with Crippen LogP contribution >= 0.6 is 0 Å². The smallest absolute Gasteiger partial charge is 0.278 e. The third-order valence-electron chi connectivity index (χ3n) is 6.44. The molecule has 1 aromatic heterocycles. The number of ether oxygens (including phenoxy) is 3. The third kappa shape index (κ3) is 8.53. The van der Waals surface area contributed by atoms with Crippen molar-refractivity contribution in [1.29, 1.82) is 0 Å². The van der Waals surface area contributed by atoms with Crippen LogP contribution in [0.4, 0.5) is 11.5 Å². The molecule has 2 aliphatic rings. The highest BCUT2D eigenvalue weighted by Crippen LogP contribution is 2.30. The summed E-state index contributed by atoms with van der Waals surface area (Å²) in [5.41, 5.74) is 8.60. The number of para-hydroxylation sites is 1. The van der Waals surface area contributed by atoms with Crippen LogP contribution in [-0.2, 0) is 27.0 Å². The van der Waals surface area contributed by atoms with Gasteiger partial charge in [-0.05, 0) is 39.3 Å². The van der Waals surface area contributed by atoms with Gasteiger partial charge in [0.25, 0.3) is 5.91 Å². The number of hydrogen-bond donors (Lipinski definition) is 3. The summed E-state index contributed by atoms with van der Waals surface area (Å²) in [7, 11) is 4.41. The van der Waals surface area contributed by atoms with Gasteiger partial charge in [0.1, 0.15) is 23.3 Å². The van der Waals surface area contributed by atoms with E-state index in [2.05, 4.69) is 20.6 Å². The molecule has 0 aliphatic carbocycles. The van der Waals surface area contributed by atoms with Crippen molar-refractivity contribution in [2.75, 3.05) is 84.9 Å². The van der Waals surface area contributed by atoms with Crippen molar-refractivity contribution in [3.63, 3.8) is 0 Å². The topological polar surface area (TPSA) is 144 Å². The fraction of sp³-hybridized carbons (Fsp3) is 0.414. The number of hydrogen-bond acceptors (Lipinski definition) is 10. The first-order chi connectivity index (χ1) is 20.4. The fourth-order valence-corrected chi connectivity index (χ4v) is 5.40. The van der Waals surface area contributed by atoms with Crippen molar-refractivity contribution in [2.45, 2.75) is 11.4 Å². The SMILES string of the molecule is CNCc1cccc2c1OCCOCCOCCN(CCN(C)C)S(=O)c1ccc(cc1)-c1cnc(N)c(n1)C(=O)N2. The molecule has 1 unspecified atom stereocenters. The van der Waals surface area contributed by atoms with Gasteiger partial charge in [0.05, 0.1) is 48.9 Å². The Labute approximate surface area is 249 Å². The Kier molecular flexibility index (Phi) is 11.7. The molecule has 3 heterocycles. The highest BCUT2D eigenvalue weighted by atomic mass is 32.2. The maximum atomic E-state index is 13.5. The summed E-state index contributed by atoms with van der Waals surface area (Å²) < 4.78 is 32.9. The largest absolute Gasteiger partial charge is 0.489 e. The van der Waals surface area contributed by atoms with Crippen molar-refractivity contribution >= 4 is 28.4 Å². The van der Waals surface area contributed by atoms with Crippen LogP contribution in [0.25, 0.3) is 11.3 Å². The maximum Gasteiger partial charge on any atom is 0.278 e. The van der Waals surface area contributed by atoms with Gasteiger partial charge in [-0.25, -0.2) is 18.5 Å². The lowest BCUT2D eigenvalue weighted by Gasteiger charge is -2.23. The minimum atomic E-state index is -1.39. The molecule has 0 fully saturated rings. The highest BCUT2D eigenvalue weighted by Gasteiger charge is 2.20. The average molecular weight is 598 g/mol. The second kappa shape index (κ2) is 15.7. The van der Waals surface area contributed by atoms with E-state index in [1.807, 2.05) is 54.6 Å². The zero-order chi connectivity index (χ0) is 29.9. The molecule has 2 aromatic carbocycles. The number of nitrogen functional groups attached to an aromatic ring is 1. The zero-order valence-corrected chi connectivity index (χ0v) is 25.1. The van der Waals surface area contributed by atoms with Crippen LogP contribution in [0.3, 0.4) is 0 Å². The number of fused-ring (bicyclic) bond motifs is 13. The first-order valence-corrected chi connectivity index (χ1v) is 14.9. The summed E-state index contributed by atoms with van der Waals surface area (Å²) >= 11 is 0. The molecule has 42 heavy (non-hydrogen) atoms. The number of carbonyl (C=O) groups excluding carboxylic acids is 1. The third-order valence-corrected chi connectivity index (χ3v) is 7.95. The normalized spacial score (nSPS) is 17.5. The molecule has 0 saturated carbocycles. The zero-order valence-electron chi connectivity index (χ0n) is 24.3. The summed E-state index contributed by atoms with van der Waals surface area (Å²) in [5, 5.41) is 6.01. The lowest BCUT2D eigenvalue weighted by atomic mass is 10.1. The van der Waals surface area contributed by atoms with Gasteiger partial charge in [-0.15, -0.1) is 0 Å². The highest BCUT2D eigenvalue weighted by molar-refractivity contribution is 7.82. The molecule has 0 saturated heterocycles. The number of benzene rings is 2. The Morgan fingerprint density at radius 1 is 1.07 bits per heavy atom. The summed E-state index contributed by atoms with van der Waals surface area (Å²) in [6.45, 7) is 4.21. The molecule has 12 nitrogen and oxygen atoms in total. The molecule has 0 radical (unpaired) electrons. The van der Waals surface area contributed by atoms with E-state index in [-0.39, 0.29) is 18.1 Å². The van der Waals surface area contributed by atoms with Crippen molar-refractivity contribution in [2.24, 2.45) is 0 Å². The lowest BCUT2D eigenvalue weighted by Crippen LogP contribution is -2.35. The Hall–Kier alpha value is -3.46. The van der Waals surface area contributed by atoms with Crippen molar-refractivity contribution in [3.8, 4) is 17.0 Å². The summed E-state index contributed by atoms with van der Waals surface area (Å²) in [6.07, 6.45) is 1.51. The molecular weight excluding hydrogens is 558 g/mol. The number of aromatic nitrogens is 2. The van der Waals surface area contributed by atoms with Crippen molar-refractivity contribution in [3.05, 3.63) is 59.9 Å². The molecule has 4 N–H and O–H groups in total.